The van der Waals surface area contributed by atoms with Gasteiger partial charge in [-0.3, -0.25) is 0 Å². The van der Waals surface area contributed by atoms with Crippen molar-refractivity contribution in [1.82, 2.24) is 0 Å². The van der Waals surface area contributed by atoms with E-state index in [2.05, 4.69) is 5.32 Å². The lowest BCUT2D eigenvalue weighted by molar-refractivity contribution is -0.137. The minimum absolute atomic E-state index is 0.619. The smallest absolute Gasteiger partial charge is 0.385 e. The summed E-state index contributed by atoms with van der Waals surface area (Å²) in [5, 5.41) is 3.85. The van der Waals surface area contributed by atoms with Crippen LogP contribution >= 0.6 is 11.6 Å². The van der Waals surface area contributed by atoms with Crippen LogP contribution in [0, 0.1) is 0 Å². The molecule has 2 aromatic rings. The number of halogens is 4. The topological polar surface area (TPSA) is 12.0 Å². The monoisotopic (exact) mass is 299 g/mol. The number of alkyl halides is 3. The van der Waals surface area contributed by atoms with Crippen molar-refractivity contribution in [2.45, 2.75) is 12.6 Å². The highest BCUT2D eigenvalue weighted by molar-refractivity contribution is 6.30. The molecule has 2 rings (SSSR count). The molecule has 0 fully saturated rings. The average molecular weight is 300 g/mol. The van der Waals surface area contributed by atoms with Crippen molar-refractivity contribution in [3.63, 3.8) is 0 Å². The van der Waals surface area contributed by atoms with Gasteiger partial charge in [0.1, 0.15) is 0 Å². The number of nitrogens with one attached hydrogen (secondary N) is 1. The summed E-state index contributed by atoms with van der Waals surface area (Å²) in [5.41, 5.74) is 1.17. The molecule has 5 heteroatoms. The number of hydrogen-bond acceptors (Lipinski definition) is 1. The molecule has 0 heterocycles. The van der Waals surface area contributed by atoms with E-state index in [1.165, 1.54) is 12.1 Å². The van der Waals surface area contributed by atoms with Crippen molar-refractivity contribution in [2.24, 2.45) is 0 Å². The number of rotatable bonds is 4. The van der Waals surface area contributed by atoms with E-state index in [1.54, 1.807) is 12.1 Å². The van der Waals surface area contributed by atoms with Gasteiger partial charge in [-0.1, -0.05) is 23.7 Å². The largest absolute Gasteiger partial charge is 0.416 e. The van der Waals surface area contributed by atoms with Gasteiger partial charge in [-0.15, -0.1) is 0 Å². The Morgan fingerprint density at radius 1 is 0.900 bits per heavy atom. The van der Waals surface area contributed by atoms with Crippen LogP contribution in [0.5, 0.6) is 0 Å². The molecule has 2 aromatic carbocycles. The predicted molar refractivity (Wildman–Crippen MR) is 75.1 cm³/mol. The molecule has 1 N–H and O–H groups in total. The quantitative estimate of drug-likeness (QED) is 0.836. The molecule has 1 nitrogen and oxygen atoms in total. The predicted octanol–water partition coefficient (Wildman–Crippen LogP) is 5.01. The van der Waals surface area contributed by atoms with Crippen LogP contribution in [-0.4, -0.2) is 6.54 Å². The Kier molecular flexibility index (Phi) is 4.55. The molecular formula is C15H13ClF3N. The molecule has 0 atom stereocenters. The molecule has 106 valence electrons. The summed E-state index contributed by atoms with van der Waals surface area (Å²) >= 11 is 5.77. The lowest BCUT2D eigenvalue weighted by Gasteiger charge is -2.09. The van der Waals surface area contributed by atoms with Crippen LogP contribution in [0.1, 0.15) is 11.1 Å². The van der Waals surface area contributed by atoms with Gasteiger partial charge in [-0.05, 0) is 48.4 Å². The molecular weight excluding hydrogens is 287 g/mol. The van der Waals surface area contributed by atoms with Gasteiger partial charge in [0, 0.05) is 17.3 Å². The van der Waals surface area contributed by atoms with E-state index >= 15 is 0 Å². The fraction of sp³-hybridized carbons (Fsp3) is 0.200. The van der Waals surface area contributed by atoms with Crippen LogP contribution in [-0.2, 0) is 12.6 Å². The van der Waals surface area contributed by atoms with Gasteiger partial charge in [-0.2, -0.15) is 13.2 Å². The van der Waals surface area contributed by atoms with Crippen LogP contribution < -0.4 is 5.32 Å². The molecule has 0 saturated heterocycles. The normalized spacial score (nSPS) is 11.4. The third-order valence-electron chi connectivity index (χ3n) is 2.87. The molecule has 0 aliphatic carbocycles. The van der Waals surface area contributed by atoms with E-state index in [4.69, 9.17) is 11.6 Å². The Labute approximate surface area is 120 Å². The SMILES string of the molecule is FC(F)(F)c1ccc(CCNc2ccc(Cl)cc2)cc1. The zero-order valence-electron chi connectivity index (χ0n) is 10.5. The Balaban J connectivity index is 1.87. The molecule has 0 spiro atoms. The van der Waals surface area contributed by atoms with Crippen LogP contribution in [0.15, 0.2) is 48.5 Å². The zero-order chi connectivity index (χ0) is 14.6. The first-order valence-corrected chi connectivity index (χ1v) is 6.48. The van der Waals surface area contributed by atoms with Gasteiger partial charge in [-0.25, -0.2) is 0 Å². The van der Waals surface area contributed by atoms with E-state index in [-0.39, 0.29) is 0 Å². The maximum Gasteiger partial charge on any atom is 0.416 e. The third kappa shape index (κ3) is 4.17. The van der Waals surface area contributed by atoms with Gasteiger partial charge in [0.2, 0.25) is 0 Å². The highest BCUT2D eigenvalue weighted by atomic mass is 35.5. The summed E-state index contributed by atoms with van der Waals surface area (Å²) in [4.78, 5) is 0. The fourth-order valence-corrected chi connectivity index (χ4v) is 1.91. The van der Waals surface area contributed by atoms with E-state index in [0.29, 0.717) is 18.0 Å². The van der Waals surface area contributed by atoms with Crippen LogP contribution in [0.4, 0.5) is 18.9 Å². The fourth-order valence-electron chi connectivity index (χ4n) is 1.78. The van der Waals surface area contributed by atoms with Gasteiger partial charge < -0.3 is 5.32 Å². The summed E-state index contributed by atoms with van der Waals surface area (Å²) in [5.74, 6) is 0. The van der Waals surface area contributed by atoms with Crippen molar-refractivity contribution in [2.75, 3.05) is 11.9 Å². The first-order valence-electron chi connectivity index (χ1n) is 6.11. The number of benzene rings is 2. The molecule has 0 saturated carbocycles. The van der Waals surface area contributed by atoms with Crippen LogP contribution in [0.25, 0.3) is 0 Å². The number of anilines is 1. The minimum atomic E-state index is -4.28. The maximum absolute atomic E-state index is 12.4. The summed E-state index contributed by atoms with van der Waals surface area (Å²) in [6.07, 6.45) is -3.62. The van der Waals surface area contributed by atoms with E-state index in [9.17, 15) is 13.2 Å². The molecule has 0 aliphatic heterocycles. The van der Waals surface area contributed by atoms with Crippen LogP contribution in [0.3, 0.4) is 0 Å². The van der Waals surface area contributed by atoms with Crippen LogP contribution in [0.2, 0.25) is 5.02 Å². The Bertz CT molecular complexity index is 547. The van der Waals surface area contributed by atoms with Gasteiger partial charge in [0.05, 0.1) is 5.56 Å². The van der Waals surface area contributed by atoms with Gasteiger partial charge >= 0.3 is 6.18 Å². The molecule has 0 aliphatic rings. The lowest BCUT2D eigenvalue weighted by Crippen LogP contribution is -2.07. The van der Waals surface area contributed by atoms with Crippen molar-refractivity contribution >= 4 is 17.3 Å². The summed E-state index contributed by atoms with van der Waals surface area (Å²) in [7, 11) is 0. The average Bonchev–Trinajstić information content (AvgIpc) is 2.41. The van der Waals surface area contributed by atoms with Crippen molar-refractivity contribution in [3.8, 4) is 0 Å². The standard InChI is InChI=1S/C15H13ClF3N/c16-13-5-7-14(8-6-13)20-10-9-11-1-3-12(4-2-11)15(17,18)19/h1-8,20H,9-10H2. The highest BCUT2D eigenvalue weighted by Gasteiger charge is 2.29. The number of hydrogen-bond donors (Lipinski definition) is 1. The Hall–Kier alpha value is -1.68. The van der Waals surface area contributed by atoms with E-state index in [1.807, 2.05) is 12.1 Å². The summed E-state index contributed by atoms with van der Waals surface area (Å²) in [6.45, 7) is 0.646. The Morgan fingerprint density at radius 2 is 1.50 bits per heavy atom. The molecule has 0 aromatic heterocycles. The lowest BCUT2D eigenvalue weighted by atomic mass is 10.1. The van der Waals surface area contributed by atoms with Crippen molar-refractivity contribution in [3.05, 3.63) is 64.7 Å². The second-order valence-electron chi connectivity index (χ2n) is 4.38. The second kappa shape index (κ2) is 6.18. The zero-order valence-corrected chi connectivity index (χ0v) is 11.3. The first-order chi connectivity index (χ1) is 9.45. The molecule has 20 heavy (non-hydrogen) atoms. The first kappa shape index (κ1) is 14.7. The Morgan fingerprint density at radius 3 is 2.05 bits per heavy atom. The maximum atomic E-state index is 12.4. The molecule has 0 amide bonds. The molecule has 0 unspecified atom stereocenters. The third-order valence-corrected chi connectivity index (χ3v) is 3.12. The second-order valence-corrected chi connectivity index (χ2v) is 4.81. The minimum Gasteiger partial charge on any atom is -0.385 e. The molecule has 0 bridgehead atoms. The highest BCUT2D eigenvalue weighted by Crippen LogP contribution is 2.29. The molecule has 0 radical (unpaired) electrons. The van der Waals surface area contributed by atoms with E-state index in [0.717, 1.165) is 23.4 Å². The van der Waals surface area contributed by atoms with Crippen molar-refractivity contribution < 1.29 is 13.2 Å². The van der Waals surface area contributed by atoms with Gasteiger partial charge in [0.25, 0.3) is 0 Å². The summed E-state index contributed by atoms with van der Waals surface area (Å²) in [6, 6.07) is 12.5. The van der Waals surface area contributed by atoms with Crippen molar-refractivity contribution in [1.29, 1.82) is 0 Å². The summed E-state index contributed by atoms with van der Waals surface area (Å²) < 4.78 is 37.2. The van der Waals surface area contributed by atoms with E-state index < -0.39 is 11.7 Å². The van der Waals surface area contributed by atoms with Gasteiger partial charge in [0.15, 0.2) is 0 Å².